The van der Waals surface area contributed by atoms with E-state index >= 15 is 0 Å². The Balaban J connectivity index is 1.82. The topological polar surface area (TPSA) is 88.6 Å². The summed E-state index contributed by atoms with van der Waals surface area (Å²) < 4.78 is 30.5. The van der Waals surface area contributed by atoms with E-state index < -0.39 is 10.0 Å². The number of hydrogen-bond acceptors (Lipinski definition) is 5. The van der Waals surface area contributed by atoms with E-state index in [2.05, 4.69) is 9.71 Å². The van der Waals surface area contributed by atoms with Crippen LogP contribution < -0.4 is 9.46 Å². The van der Waals surface area contributed by atoms with Gasteiger partial charge in [-0.15, -0.1) is 0 Å². The Bertz CT molecular complexity index is 650. The minimum atomic E-state index is -3.31. The summed E-state index contributed by atoms with van der Waals surface area (Å²) in [6.45, 7) is 5.48. The lowest BCUT2D eigenvalue weighted by Crippen LogP contribution is -2.42. The second-order valence-corrected chi connectivity index (χ2v) is 8.30. The zero-order chi connectivity index (χ0) is 17.7. The molecule has 1 fully saturated rings. The third-order valence-corrected chi connectivity index (χ3v) is 4.31. The molecule has 0 spiro atoms. The van der Waals surface area contributed by atoms with Gasteiger partial charge in [0.05, 0.1) is 18.1 Å². The molecule has 1 N–H and O–H groups in total. The number of hydrogen-bond donors (Lipinski definition) is 1. The molecule has 1 saturated heterocycles. The number of carbonyl (C=O) groups is 1. The van der Waals surface area contributed by atoms with Gasteiger partial charge in [0.2, 0.25) is 21.8 Å². The number of anilines is 1. The predicted octanol–water partition coefficient (Wildman–Crippen LogP) is 1.87. The smallest absolute Gasteiger partial charge is 0.229 e. The molecular weight excluding hydrogens is 330 g/mol. The standard InChI is InChI=1S/C16H25N3O4S/c1-12(2)10-16(20)19-8-6-14(7-9-19)23-15-5-4-13(11-17-15)18-24(3,21)22/h4-5,11-12,14,18H,6-10H2,1-3H3. The van der Waals surface area contributed by atoms with Crippen molar-refractivity contribution in [1.29, 1.82) is 0 Å². The van der Waals surface area contributed by atoms with Crippen LogP contribution in [0, 0.1) is 5.92 Å². The van der Waals surface area contributed by atoms with Crippen LogP contribution in [0.15, 0.2) is 18.3 Å². The summed E-state index contributed by atoms with van der Waals surface area (Å²) >= 11 is 0. The first-order chi connectivity index (χ1) is 11.2. The van der Waals surface area contributed by atoms with Gasteiger partial charge in [0.15, 0.2) is 0 Å². The quantitative estimate of drug-likeness (QED) is 0.841. The maximum atomic E-state index is 12.0. The van der Waals surface area contributed by atoms with Crippen LogP contribution >= 0.6 is 0 Å². The Morgan fingerprint density at radius 2 is 2.04 bits per heavy atom. The van der Waals surface area contributed by atoms with Crippen molar-refractivity contribution < 1.29 is 17.9 Å². The van der Waals surface area contributed by atoms with Crippen LogP contribution in [0.2, 0.25) is 0 Å². The molecular formula is C16H25N3O4S. The summed E-state index contributed by atoms with van der Waals surface area (Å²) in [7, 11) is -3.31. The molecule has 0 atom stereocenters. The summed E-state index contributed by atoms with van der Waals surface area (Å²) in [4.78, 5) is 18.1. The highest BCUT2D eigenvalue weighted by Crippen LogP contribution is 2.20. The monoisotopic (exact) mass is 355 g/mol. The number of piperidine rings is 1. The van der Waals surface area contributed by atoms with Crippen molar-refractivity contribution in [1.82, 2.24) is 9.88 Å². The number of ether oxygens (including phenoxy) is 1. The van der Waals surface area contributed by atoms with Gasteiger partial charge in [-0.05, 0) is 12.0 Å². The van der Waals surface area contributed by atoms with Crippen molar-refractivity contribution in [3.8, 4) is 5.88 Å². The highest BCUT2D eigenvalue weighted by Gasteiger charge is 2.24. The molecule has 1 aliphatic rings. The van der Waals surface area contributed by atoms with Gasteiger partial charge < -0.3 is 9.64 Å². The number of nitrogens with zero attached hydrogens (tertiary/aromatic N) is 2. The largest absolute Gasteiger partial charge is 0.474 e. The molecule has 0 aromatic carbocycles. The maximum absolute atomic E-state index is 12.0. The van der Waals surface area contributed by atoms with E-state index in [1.807, 2.05) is 18.7 Å². The lowest BCUT2D eigenvalue weighted by atomic mass is 10.1. The molecule has 0 saturated carbocycles. The molecule has 1 aliphatic heterocycles. The fourth-order valence-electron chi connectivity index (χ4n) is 2.60. The Hall–Kier alpha value is -1.83. The number of amides is 1. The highest BCUT2D eigenvalue weighted by atomic mass is 32.2. The van der Waals surface area contributed by atoms with E-state index in [9.17, 15) is 13.2 Å². The summed E-state index contributed by atoms with van der Waals surface area (Å²) in [5.41, 5.74) is 0.402. The average Bonchev–Trinajstić information content (AvgIpc) is 2.48. The van der Waals surface area contributed by atoms with Gasteiger partial charge in [0.1, 0.15) is 6.10 Å². The van der Waals surface area contributed by atoms with Crippen LogP contribution in [0.1, 0.15) is 33.1 Å². The molecule has 0 unspecified atom stereocenters. The second kappa shape index (κ2) is 7.83. The Morgan fingerprint density at radius 1 is 1.38 bits per heavy atom. The van der Waals surface area contributed by atoms with Crippen molar-refractivity contribution in [3.05, 3.63) is 18.3 Å². The Kier molecular flexibility index (Phi) is 6.04. The first kappa shape index (κ1) is 18.5. The summed E-state index contributed by atoms with van der Waals surface area (Å²) in [5, 5.41) is 0. The number of sulfonamides is 1. The molecule has 1 aromatic heterocycles. The van der Waals surface area contributed by atoms with Crippen molar-refractivity contribution in [2.45, 2.75) is 39.2 Å². The molecule has 2 rings (SSSR count). The zero-order valence-electron chi connectivity index (χ0n) is 14.4. The Labute approximate surface area is 143 Å². The van der Waals surface area contributed by atoms with Gasteiger partial charge in [-0.3, -0.25) is 9.52 Å². The van der Waals surface area contributed by atoms with E-state index in [4.69, 9.17) is 4.74 Å². The summed E-state index contributed by atoms with van der Waals surface area (Å²) in [6.07, 6.45) is 4.67. The van der Waals surface area contributed by atoms with Crippen molar-refractivity contribution >= 4 is 21.6 Å². The number of nitrogens with one attached hydrogen (secondary N) is 1. The van der Waals surface area contributed by atoms with Gasteiger partial charge in [0.25, 0.3) is 0 Å². The molecule has 0 radical (unpaired) electrons. The fraction of sp³-hybridized carbons (Fsp3) is 0.625. The lowest BCUT2D eigenvalue weighted by molar-refractivity contribution is -0.133. The Morgan fingerprint density at radius 3 is 2.54 bits per heavy atom. The molecule has 134 valence electrons. The van der Waals surface area contributed by atoms with E-state index in [0.717, 1.165) is 19.1 Å². The molecule has 1 aromatic rings. The van der Waals surface area contributed by atoms with E-state index in [0.29, 0.717) is 37.0 Å². The number of aromatic nitrogens is 1. The summed E-state index contributed by atoms with van der Waals surface area (Å²) in [6, 6.07) is 3.26. The average molecular weight is 355 g/mol. The van der Waals surface area contributed by atoms with Crippen LogP contribution in [0.25, 0.3) is 0 Å². The van der Waals surface area contributed by atoms with Crippen molar-refractivity contribution in [2.75, 3.05) is 24.1 Å². The van der Waals surface area contributed by atoms with Gasteiger partial charge >= 0.3 is 0 Å². The minimum Gasteiger partial charge on any atom is -0.474 e. The van der Waals surface area contributed by atoms with E-state index in [-0.39, 0.29) is 12.0 Å². The van der Waals surface area contributed by atoms with Gasteiger partial charge in [-0.1, -0.05) is 13.8 Å². The van der Waals surface area contributed by atoms with Crippen LogP contribution in [0.5, 0.6) is 5.88 Å². The number of carbonyl (C=O) groups excluding carboxylic acids is 1. The van der Waals surface area contributed by atoms with Crippen molar-refractivity contribution in [2.24, 2.45) is 5.92 Å². The van der Waals surface area contributed by atoms with Gasteiger partial charge in [-0.25, -0.2) is 13.4 Å². The molecule has 24 heavy (non-hydrogen) atoms. The van der Waals surface area contributed by atoms with E-state index in [1.54, 1.807) is 12.1 Å². The highest BCUT2D eigenvalue weighted by molar-refractivity contribution is 7.92. The van der Waals surface area contributed by atoms with Crippen LogP contribution in [0.3, 0.4) is 0 Å². The van der Waals surface area contributed by atoms with Crippen molar-refractivity contribution in [3.63, 3.8) is 0 Å². The van der Waals surface area contributed by atoms with Gasteiger partial charge in [0, 0.05) is 38.4 Å². The van der Waals surface area contributed by atoms with Gasteiger partial charge in [-0.2, -0.15) is 0 Å². The number of pyridine rings is 1. The first-order valence-electron chi connectivity index (χ1n) is 8.11. The third-order valence-electron chi connectivity index (χ3n) is 3.70. The molecule has 0 aliphatic carbocycles. The molecule has 2 heterocycles. The molecule has 1 amide bonds. The minimum absolute atomic E-state index is 0.0225. The lowest BCUT2D eigenvalue weighted by Gasteiger charge is -2.32. The molecule has 0 bridgehead atoms. The number of rotatable bonds is 6. The van der Waals surface area contributed by atoms with Crippen LogP contribution in [0.4, 0.5) is 5.69 Å². The SMILES string of the molecule is CC(C)CC(=O)N1CCC(Oc2ccc(NS(C)(=O)=O)cn2)CC1. The van der Waals surface area contributed by atoms with Crippen LogP contribution in [-0.2, 0) is 14.8 Å². The summed E-state index contributed by atoms with van der Waals surface area (Å²) in [5.74, 6) is 1.04. The predicted molar refractivity (Wildman–Crippen MR) is 92.4 cm³/mol. The number of likely N-dealkylation sites (tertiary alicyclic amines) is 1. The van der Waals surface area contributed by atoms with Crippen LogP contribution in [-0.4, -0.2) is 49.7 Å². The zero-order valence-corrected chi connectivity index (χ0v) is 15.2. The first-order valence-corrected chi connectivity index (χ1v) is 10.0. The fourth-order valence-corrected chi connectivity index (χ4v) is 3.15. The molecule has 7 nitrogen and oxygen atoms in total. The maximum Gasteiger partial charge on any atom is 0.229 e. The normalized spacial score (nSPS) is 16.2. The third kappa shape index (κ3) is 5.99. The second-order valence-electron chi connectivity index (χ2n) is 6.56. The molecule has 8 heteroatoms. The van der Waals surface area contributed by atoms with E-state index in [1.165, 1.54) is 6.20 Å².